The topological polar surface area (TPSA) is 74.5 Å². The van der Waals surface area contributed by atoms with Crippen LogP contribution in [0.3, 0.4) is 0 Å². The number of hydrogen-bond donors (Lipinski definition) is 0. The van der Waals surface area contributed by atoms with Gasteiger partial charge in [-0.15, -0.1) is 0 Å². The average molecular weight is 290 g/mol. The van der Waals surface area contributed by atoms with E-state index in [-0.39, 0.29) is 18.5 Å². The molecule has 0 saturated carbocycles. The van der Waals surface area contributed by atoms with Gasteiger partial charge in [-0.1, -0.05) is 30.3 Å². The molecule has 1 atom stereocenters. The van der Waals surface area contributed by atoms with E-state index in [0.717, 1.165) is 5.75 Å². The minimum Gasteiger partial charge on any atom is -0.485 e. The highest BCUT2D eigenvalue weighted by Crippen LogP contribution is 2.20. The number of carbonyl (C=O) groups excluding carboxylic acids is 1. The van der Waals surface area contributed by atoms with Crippen LogP contribution in [0.4, 0.5) is 0 Å². The molecule has 0 N–H and O–H groups in total. The first-order valence-corrected chi connectivity index (χ1v) is 6.91. The standard InChI is InChI=1S/C15H18N2O4/c1-3-12(15(18)19-4-2)14-16-13(17-21-14)10-20-11-8-6-5-7-9-11/h5-9,12H,3-4,10H2,1-2H3. The van der Waals surface area contributed by atoms with Crippen molar-refractivity contribution in [3.8, 4) is 5.75 Å². The van der Waals surface area contributed by atoms with Gasteiger partial charge in [0.2, 0.25) is 11.7 Å². The minimum atomic E-state index is -0.525. The van der Waals surface area contributed by atoms with E-state index in [1.54, 1.807) is 6.92 Å². The third-order valence-electron chi connectivity index (χ3n) is 2.87. The summed E-state index contributed by atoms with van der Waals surface area (Å²) in [5.41, 5.74) is 0. The number of carbonyl (C=O) groups is 1. The Kier molecular flexibility index (Phi) is 5.31. The van der Waals surface area contributed by atoms with Crippen molar-refractivity contribution in [2.75, 3.05) is 6.61 Å². The van der Waals surface area contributed by atoms with Gasteiger partial charge in [-0.3, -0.25) is 4.79 Å². The van der Waals surface area contributed by atoms with Gasteiger partial charge in [-0.25, -0.2) is 0 Å². The lowest BCUT2D eigenvalue weighted by molar-refractivity contribution is -0.145. The fourth-order valence-electron chi connectivity index (χ4n) is 1.82. The van der Waals surface area contributed by atoms with Crippen molar-refractivity contribution in [3.63, 3.8) is 0 Å². The summed E-state index contributed by atoms with van der Waals surface area (Å²) >= 11 is 0. The molecule has 0 radical (unpaired) electrons. The number of para-hydroxylation sites is 1. The smallest absolute Gasteiger partial charge is 0.318 e. The van der Waals surface area contributed by atoms with Gasteiger partial charge < -0.3 is 14.0 Å². The summed E-state index contributed by atoms with van der Waals surface area (Å²) < 4.78 is 15.6. The Balaban J connectivity index is 1.98. The monoisotopic (exact) mass is 290 g/mol. The van der Waals surface area contributed by atoms with Crippen molar-refractivity contribution in [1.29, 1.82) is 0 Å². The predicted octanol–water partition coefficient (Wildman–Crippen LogP) is 2.71. The van der Waals surface area contributed by atoms with E-state index < -0.39 is 5.92 Å². The molecule has 112 valence electrons. The van der Waals surface area contributed by atoms with Gasteiger partial charge in [0.15, 0.2) is 6.61 Å². The van der Waals surface area contributed by atoms with Crippen LogP contribution in [0, 0.1) is 0 Å². The number of aromatic nitrogens is 2. The molecule has 1 heterocycles. The molecule has 0 spiro atoms. The molecule has 0 bridgehead atoms. The molecule has 0 aliphatic heterocycles. The van der Waals surface area contributed by atoms with Crippen molar-refractivity contribution in [2.45, 2.75) is 32.8 Å². The summed E-state index contributed by atoms with van der Waals surface area (Å²) in [5.74, 6) is 0.516. The third-order valence-corrected chi connectivity index (χ3v) is 2.87. The van der Waals surface area contributed by atoms with Crippen LogP contribution in [0.1, 0.15) is 37.9 Å². The van der Waals surface area contributed by atoms with Crippen LogP contribution in [-0.4, -0.2) is 22.7 Å². The van der Waals surface area contributed by atoms with Crippen molar-refractivity contribution in [3.05, 3.63) is 42.0 Å². The SMILES string of the molecule is CCOC(=O)C(CC)c1nc(COc2ccccc2)no1. The lowest BCUT2D eigenvalue weighted by Gasteiger charge is -2.08. The summed E-state index contributed by atoms with van der Waals surface area (Å²) in [6.45, 7) is 4.14. The first-order chi connectivity index (χ1) is 10.2. The quantitative estimate of drug-likeness (QED) is 0.730. The first-order valence-electron chi connectivity index (χ1n) is 6.91. The van der Waals surface area contributed by atoms with Gasteiger partial charge in [-0.2, -0.15) is 4.98 Å². The van der Waals surface area contributed by atoms with E-state index in [9.17, 15) is 4.79 Å². The maximum absolute atomic E-state index is 11.8. The van der Waals surface area contributed by atoms with Gasteiger partial charge in [0.1, 0.15) is 11.7 Å². The molecule has 0 aliphatic carbocycles. The lowest BCUT2D eigenvalue weighted by atomic mass is 10.1. The number of ether oxygens (including phenoxy) is 2. The maximum atomic E-state index is 11.8. The van der Waals surface area contributed by atoms with Crippen molar-refractivity contribution in [2.24, 2.45) is 0 Å². The summed E-state index contributed by atoms with van der Waals surface area (Å²) in [5, 5.41) is 3.82. The molecule has 6 nitrogen and oxygen atoms in total. The molecule has 0 aliphatic rings. The third kappa shape index (κ3) is 4.05. The van der Waals surface area contributed by atoms with Crippen LogP contribution in [0.15, 0.2) is 34.9 Å². The maximum Gasteiger partial charge on any atom is 0.318 e. The van der Waals surface area contributed by atoms with Crippen molar-refractivity contribution in [1.82, 2.24) is 10.1 Å². The van der Waals surface area contributed by atoms with Crippen LogP contribution in [0.2, 0.25) is 0 Å². The van der Waals surface area contributed by atoms with Crippen LogP contribution < -0.4 is 4.74 Å². The fraction of sp³-hybridized carbons (Fsp3) is 0.400. The lowest BCUT2D eigenvalue weighted by Crippen LogP contribution is -2.15. The zero-order chi connectivity index (χ0) is 15.1. The highest BCUT2D eigenvalue weighted by molar-refractivity contribution is 5.76. The Morgan fingerprint density at radius 2 is 2.05 bits per heavy atom. The Labute approximate surface area is 123 Å². The molecule has 0 fully saturated rings. The van der Waals surface area contributed by atoms with E-state index >= 15 is 0 Å². The highest BCUT2D eigenvalue weighted by Gasteiger charge is 2.26. The van der Waals surface area contributed by atoms with E-state index in [0.29, 0.717) is 18.9 Å². The molecule has 21 heavy (non-hydrogen) atoms. The molecule has 2 aromatic rings. The summed E-state index contributed by atoms with van der Waals surface area (Å²) in [7, 11) is 0. The number of hydrogen-bond acceptors (Lipinski definition) is 6. The summed E-state index contributed by atoms with van der Waals surface area (Å²) in [6.07, 6.45) is 0.542. The second-order valence-electron chi connectivity index (χ2n) is 4.36. The number of rotatable bonds is 7. The van der Waals surface area contributed by atoms with Crippen LogP contribution in [-0.2, 0) is 16.1 Å². The van der Waals surface area contributed by atoms with Crippen LogP contribution in [0.5, 0.6) is 5.75 Å². The van der Waals surface area contributed by atoms with Crippen LogP contribution >= 0.6 is 0 Å². The molecular weight excluding hydrogens is 272 g/mol. The number of benzene rings is 1. The Morgan fingerprint density at radius 1 is 1.29 bits per heavy atom. The Hall–Kier alpha value is -2.37. The second-order valence-corrected chi connectivity index (χ2v) is 4.36. The van der Waals surface area contributed by atoms with E-state index in [4.69, 9.17) is 14.0 Å². The second kappa shape index (κ2) is 7.42. The molecule has 0 amide bonds. The largest absolute Gasteiger partial charge is 0.485 e. The molecule has 1 unspecified atom stereocenters. The molecule has 1 aromatic carbocycles. The minimum absolute atomic E-state index is 0.187. The molecule has 6 heteroatoms. The van der Waals surface area contributed by atoms with Gasteiger partial charge in [0, 0.05) is 0 Å². The van der Waals surface area contributed by atoms with Crippen molar-refractivity contribution < 1.29 is 18.8 Å². The zero-order valence-electron chi connectivity index (χ0n) is 12.1. The van der Waals surface area contributed by atoms with Gasteiger partial charge in [0.05, 0.1) is 6.61 Å². The molecule has 0 saturated heterocycles. The summed E-state index contributed by atoms with van der Waals surface area (Å²) in [6, 6.07) is 9.35. The first kappa shape index (κ1) is 15.0. The zero-order valence-corrected chi connectivity index (χ0v) is 12.1. The summed E-state index contributed by atoms with van der Waals surface area (Å²) in [4.78, 5) is 16.0. The average Bonchev–Trinajstić information content (AvgIpc) is 2.96. The molecule has 1 aromatic heterocycles. The van der Waals surface area contributed by atoms with Crippen molar-refractivity contribution >= 4 is 5.97 Å². The number of esters is 1. The van der Waals surface area contributed by atoms with Gasteiger partial charge in [-0.05, 0) is 25.5 Å². The Bertz CT molecular complexity index is 568. The molecule has 2 rings (SSSR count). The fourth-order valence-corrected chi connectivity index (χ4v) is 1.82. The van der Waals surface area contributed by atoms with Crippen LogP contribution in [0.25, 0.3) is 0 Å². The van der Waals surface area contributed by atoms with E-state index in [1.165, 1.54) is 0 Å². The number of nitrogens with zero attached hydrogens (tertiary/aromatic N) is 2. The predicted molar refractivity (Wildman–Crippen MR) is 74.7 cm³/mol. The molecular formula is C15H18N2O4. The highest BCUT2D eigenvalue weighted by atomic mass is 16.5. The normalized spacial score (nSPS) is 11.9. The van der Waals surface area contributed by atoms with Gasteiger partial charge >= 0.3 is 5.97 Å². The van der Waals surface area contributed by atoms with Gasteiger partial charge in [0.25, 0.3) is 0 Å². The Morgan fingerprint density at radius 3 is 2.71 bits per heavy atom. The van der Waals surface area contributed by atoms with E-state index in [2.05, 4.69) is 10.1 Å². The van der Waals surface area contributed by atoms with E-state index in [1.807, 2.05) is 37.3 Å².